The summed E-state index contributed by atoms with van der Waals surface area (Å²) in [4.78, 5) is 4.35. The summed E-state index contributed by atoms with van der Waals surface area (Å²) in [6.45, 7) is 2.12. The number of alkyl halides is 3. The molecule has 0 saturated heterocycles. The van der Waals surface area contributed by atoms with Crippen molar-refractivity contribution in [1.29, 1.82) is 5.26 Å². The topological polar surface area (TPSA) is 71.9 Å². The minimum Gasteiger partial charge on any atom is -0.406 e. The van der Waals surface area contributed by atoms with E-state index in [1.165, 1.54) is 24.3 Å². The fourth-order valence-electron chi connectivity index (χ4n) is 3.21. The first kappa shape index (κ1) is 17.1. The van der Waals surface area contributed by atoms with Crippen LogP contribution in [0.25, 0.3) is 11.1 Å². The summed E-state index contributed by atoms with van der Waals surface area (Å²) in [7, 11) is 0. The number of nitrogens with two attached hydrogens (primary N) is 1. The smallest absolute Gasteiger partial charge is 0.406 e. The monoisotopic (exact) mass is 347 g/mol. The van der Waals surface area contributed by atoms with E-state index in [9.17, 15) is 18.4 Å². The Bertz CT molecular complexity index is 839. The van der Waals surface area contributed by atoms with E-state index in [0.717, 1.165) is 30.5 Å². The fourth-order valence-corrected chi connectivity index (χ4v) is 3.21. The molecule has 0 amide bonds. The summed E-state index contributed by atoms with van der Waals surface area (Å²) in [5.74, 6) is 0.288. The molecule has 0 saturated carbocycles. The van der Waals surface area contributed by atoms with Gasteiger partial charge in [0.05, 0.1) is 0 Å². The minimum atomic E-state index is -4.74. The molecule has 1 heterocycles. The van der Waals surface area contributed by atoms with Gasteiger partial charge in [0.1, 0.15) is 23.2 Å². The summed E-state index contributed by atoms with van der Waals surface area (Å²) >= 11 is 0. The molecule has 3 rings (SSSR count). The number of aryl methyl sites for hydroxylation is 1. The molecule has 2 N–H and O–H groups in total. The Kier molecular flexibility index (Phi) is 4.29. The second-order valence-corrected chi connectivity index (χ2v) is 6.20. The first-order valence-electron chi connectivity index (χ1n) is 7.86. The highest BCUT2D eigenvalue weighted by molar-refractivity contribution is 5.79. The number of rotatable bonds is 2. The maximum absolute atomic E-state index is 12.3. The van der Waals surface area contributed by atoms with Crippen LogP contribution in [0.2, 0.25) is 0 Å². The van der Waals surface area contributed by atoms with Gasteiger partial charge in [-0.1, -0.05) is 19.1 Å². The number of nitrogen functional groups attached to an aromatic ring is 1. The second kappa shape index (κ2) is 6.28. The quantitative estimate of drug-likeness (QED) is 0.882. The molecule has 1 aliphatic carbocycles. The number of aromatic nitrogens is 1. The van der Waals surface area contributed by atoms with Crippen LogP contribution in [0.3, 0.4) is 0 Å². The van der Waals surface area contributed by atoms with Crippen molar-refractivity contribution in [3.8, 4) is 22.9 Å². The Labute approximate surface area is 143 Å². The predicted octanol–water partition coefficient (Wildman–Crippen LogP) is 4.23. The highest BCUT2D eigenvalue weighted by Crippen LogP contribution is 2.38. The number of nitriles is 1. The lowest BCUT2D eigenvalue weighted by Crippen LogP contribution is -2.17. The van der Waals surface area contributed by atoms with E-state index in [2.05, 4.69) is 22.7 Å². The van der Waals surface area contributed by atoms with E-state index in [4.69, 9.17) is 5.73 Å². The van der Waals surface area contributed by atoms with Gasteiger partial charge in [-0.05, 0) is 48.4 Å². The lowest BCUT2D eigenvalue weighted by molar-refractivity contribution is -0.274. The SMILES string of the molecule is CC1CCc2nc(N)c(C#N)c(-c3ccc(OC(F)(F)F)cc3)c2C1. The number of anilines is 1. The van der Waals surface area contributed by atoms with E-state index in [1.807, 2.05) is 0 Å². The molecule has 4 nitrogen and oxygen atoms in total. The maximum atomic E-state index is 12.3. The molecule has 7 heteroatoms. The molecule has 0 spiro atoms. The predicted molar refractivity (Wildman–Crippen MR) is 86.7 cm³/mol. The normalized spacial score (nSPS) is 16.8. The standard InChI is InChI=1S/C18H16F3N3O/c1-10-2-7-15-13(8-10)16(14(9-22)17(23)24-15)11-3-5-12(6-4-11)25-18(19,20)21/h3-6,10H,2,7-8H2,1H3,(H2,23,24). The molecule has 1 aromatic carbocycles. The van der Waals surface area contributed by atoms with Crippen molar-refractivity contribution in [2.24, 2.45) is 5.92 Å². The number of benzene rings is 1. The molecule has 25 heavy (non-hydrogen) atoms. The molecule has 0 bridgehead atoms. The molecule has 0 fully saturated rings. The zero-order valence-electron chi connectivity index (χ0n) is 13.5. The Morgan fingerprint density at radius 1 is 1.28 bits per heavy atom. The van der Waals surface area contributed by atoms with Crippen molar-refractivity contribution < 1.29 is 17.9 Å². The second-order valence-electron chi connectivity index (χ2n) is 6.20. The van der Waals surface area contributed by atoms with Crippen molar-refractivity contribution in [3.63, 3.8) is 0 Å². The Balaban J connectivity index is 2.10. The number of nitrogens with zero attached hydrogens (tertiary/aromatic N) is 2. The van der Waals surface area contributed by atoms with E-state index in [1.54, 1.807) is 0 Å². The van der Waals surface area contributed by atoms with Gasteiger partial charge in [0.2, 0.25) is 0 Å². The largest absolute Gasteiger partial charge is 0.573 e. The minimum absolute atomic E-state index is 0.154. The number of hydrogen-bond donors (Lipinski definition) is 1. The zero-order chi connectivity index (χ0) is 18.2. The number of halogens is 3. The summed E-state index contributed by atoms with van der Waals surface area (Å²) in [5.41, 5.74) is 9.30. The van der Waals surface area contributed by atoms with Gasteiger partial charge in [-0.25, -0.2) is 4.98 Å². The molecule has 1 aromatic heterocycles. The lowest BCUT2D eigenvalue weighted by atomic mass is 9.82. The third-order valence-corrected chi connectivity index (χ3v) is 4.33. The van der Waals surface area contributed by atoms with E-state index in [0.29, 0.717) is 17.0 Å². The van der Waals surface area contributed by atoms with E-state index < -0.39 is 6.36 Å². The van der Waals surface area contributed by atoms with Crippen LogP contribution in [0.15, 0.2) is 24.3 Å². The van der Waals surface area contributed by atoms with Gasteiger partial charge >= 0.3 is 6.36 Å². The third-order valence-electron chi connectivity index (χ3n) is 4.33. The van der Waals surface area contributed by atoms with Crippen LogP contribution >= 0.6 is 0 Å². The van der Waals surface area contributed by atoms with Crippen molar-refractivity contribution in [2.75, 3.05) is 5.73 Å². The maximum Gasteiger partial charge on any atom is 0.573 e. The van der Waals surface area contributed by atoms with Gasteiger partial charge in [-0.15, -0.1) is 13.2 Å². The Morgan fingerprint density at radius 2 is 1.96 bits per heavy atom. The molecule has 0 aliphatic heterocycles. The van der Waals surface area contributed by atoms with Crippen LogP contribution in [0.4, 0.5) is 19.0 Å². The van der Waals surface area contributed by atoms with Crippen LogP contribution in [0, 0.1) is 17.2 Å². The molecule has 1 aliphatic rings. The van der Waals surface area contributed by atoms with Crippen molar-refractivity contribution in [1.82, 2.24) is 4.98 Å². The molecule has 1 unspecified atom stereocenters. The highest BCUT2D eigenvalue weighted by Gasteiger charge is 2.31. The first-order chi connectivity index (χ1) is 11.8. The van der Waals surface area contributed by atoms with Crippen molar-refractivity contribution in [2.45, 2.75) is 32.5 Å². The summed E-state index contributed by atoms with van der Waals surface area (Å²) in [5, 5.41) is 9.49. The lowest BCUT2D eigenvalue weighted by Gasteiger charge is -2.25. The van der Waals surface area contributed by atoms with Crippen LogP contribution in [-0.2, 0) is 12.8 Å². The van der Waals surface area contributed by atoms with Crippen molar-refractivity contribution >= 4 is 5.82 Å². The third kappa shape index (κ3) is 3.53. The molecular formula is C18H16F3N3O. The number of pyridine rings is 1. The number of ether oxygens (including phenoxy) is 1. The van der Waals surface area contributed by atoms with E-state index in [-0.39, 0.29) is 17.1 Å². The van der Waals surface area contributed by atoms with Gasteiger partial charge < -0.3 is 10.5 Å². The molecule has 2 aromatic rings. The fraction of sp³-hybridized carbons (Fsp3) is 0.333. The molecule has 130 valence electrons. The van der Waals surface area contributed by atoms with E-state index >= 15 is 0 Å². The molecule has 0 radical (unpaired) electrons. The van der Waals surface area contributed by atoms with Crippen LogP contribution in [0.1, 0.15) is 30.2 Å². The van der Waals surface area contributed by atoms with Crippen LogP contribution in [-0.4, -0.2) is 11.3 Å². The summed E-state index contributed by atoms with van der Waals surface area (Å²) in [6.07, 6.45) is -2.22. The first-order valence-corrected chi connectivity index (χ1v) is 7.86. The van der Waals surface area contributed by atoms with Crippen LogP contribution in [0.5, 0.6) is 5.75 Å². The molecule has 1 atom stereocenters. The summed E-state index contributed by atoms with van der Waals surface area (Å²) < 4.78 is 40.8. The Hall–Kier alpha value is -2.75. The number of hydrogen-bond acceptors (Lipinski definition) is 4. The average molecular weight is 347 g/mol. The average Bonchev–Trinajstić information content (AvgIpc) is 2.53. The van der Waals surface area contributed by atoms with Gasteiger partial charge in [0.15, 0.2) is 0 Å². The molecular weight excluding hydrogens is 331 g/mol. The Morgan fingerprint density at radius 3 is 2.56 bits per heavy atom. The van der Waals surface area contributed by atoms with Gasteiger partial charge in [0.25, 0.3) is 0 Å². The van der Waals surface area contributed by atoms with Gasteiger partial charge in [-0.2, -0.15) is 5.26 Å². The van der Waals surface area contributed by atoms with Crippen molar-refractivity contribution in [3.05, 3.63) is 41.1 Å². The number of fused-ring (bicyclic) bond motifs is 1. The zero-order valence-corrected chi connectivity index (χ0v) is 13.5. The highest BCUT2D eigenvalue weighted by atomic mass is 19.4. The van der Waals surface area contributed by atoms with Crippen LogP contribution < -0.4 is 10.5 Å². The van der Waals surface area contributed by atoms with Gasteiger partial charge in [0, 0.05) is 11.3 Å². The summed E-state index contributed by atoms with van der Waals surface area (Å²) in [6, 6.07) is 7.57. The van der Waals surface area contributed by atoms with Gasteiger partial charge in [-0.3, -0.25) is 0 Å².